The lowest BCUT2D eigenvalue weighted by Crippen LogP contribution is -2.39. The first-order valence-electron chi connectivity index (χ1n) is 15.0. The molecule has 2 N–H and O–H groups in total. The minimum absolute atomic E-state index is 0.0560. The number of nitrogens with zero attached hydrogens (tertiary/aromatic N) is 1. The lowest BCUT2D eigenvalue weighted by Gasteiger charge is -2.42. The molecule has 0 spiro atoms. The number of amides is 2. The van der Waals surface area contributed by atoms with Crippen molar-refractivity contribution >= 4 is 35.0 Å². The summed E-state index contributed by atoms with van der Waals surface area (Å²) in [5.41, 5.74) is 3.00. The van der Waals surface area contributed by atoms with Gasteiger partial charge < -0.3 is 14.9 Å². The molecule has 3 aromatic rings. The van der Waals surface area contributed by atoms with Crippen molar-refractivity contribution in [2.24, 2.45) is 17.8 Å². The highest BCUT2D eigenvalue weighted by atomic mass is 16.5. The standard InChI is InChI=1S/C37H29NO8/c1-19-14-30(40)33-28(34(19)41)17-27-24(31(33)25-11-10-23(16-29(25)39)46-18-20-6-3-2-4-7-20)12-13-26-32(27)36(43)38(35(26)42)22-9-5-8-21(15-22)37(44)45/h2-12,14-16,26-27,31-32,39H,13,17-18H2,1H3,(H,44,45). The number of phenols is 1. The van der Waals surface area contributed by atoms with Gasteiger partial charge in [0.2, 0.25) is 11.8 Å². The zero-order valence-corrected chi connectivity index (χ0v) is 24.8. The molecule has 4 aliphatic rings. The van der Waals surface area contributed by atoms with Gasteiger partial charge in [0.1, 0.15) is 18.1 Å². The molecule has 0 bridgehead atoms. The highest BCUT2D eigenvalue weighted by Crippen LogP contribution is 2.56. The molecule has 46 heavy (non-hydrogen) atoms. The molecule has 7 rings (SSSR count). The van der Waals surface area contributed by atoms with Gasteiger partial charge in [-0.15, -0.1) is 0 Å². The second-order valence-corrected chi connectivity index (χ2v) is 12.1. The van der Waals surface area contributed by atoms with Gasteiger partial charge in [0.15, 0.2) is 11.6 Å². The fraction of sp³-hybridized carbons (Fsp3) is 0.216. The number of phenolic OH excluding ortho intramolecular Hbond substituents is 1. The first-order valence-corrected chi connectivity index (χ1v) is 15.0. The first kappa shape index (κ1) is 29.2. The van der Waals surface area contributed by atoms with Crippen LogP contribution in [0.25, 0.3) is 0 Å². The van der Waals surface area contributed by atoms with Crippen molar-refractivity contribution in [2.75, 3.05) is 4.90 Å². The molecule has 1 saturated heterocycles. The van der Waals surface area contributed by atoms with Gasteiger partial charge in [-0.2, -0.15) is 0 Å². The molecule has 3 aliphatic carbocycles. The van der Waals surface area contributed by atoms with E-state index < -0.39 is 41.5 Å². The van der Waals surface area contributed by atoms with E-state index in [1.54, 1.807) is 19.1 Å². The monoisotopic (exact) mass is 615 g/mol. The zero-order valence-electron chi connectivity index (χ0n) is 24.8. The number of hydrogen-bond acceptors (Lipinski definition) is 7. The van der Waals surface area contributed by atoms with Crippen LogP contribution in [0.3, 0.4) is 0 Å². The fourth-order valence-corrected chi connectivity index (χ4v) is 7.37. The Bertz CT molecular complexity index is 1950. The van der Waals surface area contributed by atoms with Gasteiger partial charge >= 0.3 is 5.97 Å². The van der Waals surface area contributed by atoms with Crippen molar-refractivity contribution in [3.63, 3.8) is 0 Å². The number of carboxylic acids is 1. The SMILES string of the molecule is CC1=CC(=O)C2=C(CC3C(=CCC4C(=O)N(c5cccc(C(=O)O)c5)C(=O)C43)C2c2ccc(OCc3ccccc3)cc2O)C1=O. The molecule has 230 valence electrons. The lowest BCUT2D eigenvalue weighted by atomic mass is 9.59. The van der Waals surface area contributed by atoms with E-state index in [9.17, 15) is 34.2 Å². The summed E-state index contributed by atoms with van der Waals surface area (Å²) in [6.07, 6.45) is 3.49. The number of ketones is 2. The van der Waals surface area contributed by atoms with E-state index in [1.165, 1.54) is 36.4 Å². The van der Waals surface area contributed by atoms with Crippen molar-refractivity contribution in [1.82, 2.24) is 0 Å². The van der Waals surface area contributed by atoms with Crippen molar-refractivity contribution < 1.29 is 38.9 Å². The summed E-state index contributed by atoms with van der Waals surface area (Å²) < 4.78 is 5.90. The summed E-state index contributed by atoms with van der Waals surface area (Å²) in [6.45, 7) is 1.86. The number of carbonyl (C=O) groups is 5. The predicted molar refractivity (Wildman–Crippen MR) is 166 cm³/mol. The van der Waals surface area contributed by atoms with Crippen molar-refractivity contribution in [3.05, 3.63) is 124 Å². The van der Waals surface area contributed by atoms with Crippen LogP contribution in [0.2, 0.25) is 0 Å². The Kier molecular flexibility index (Phi) is 7.04. The number of benzene rings is 3. The molecule has 9 nitrogen and oxygen atoms in total. The third kappa shape index (κ3) is 4.67. The Morgan fingerprint density at radius 1 is 0.935 bits per heavy atom. The normalized spacial score (nSPS) is 23.8. The van der Waals surface area contributed by atoms with Crippen LogP contribution >= 0.6 is 0 Å². The van der Waals surface area contributed by atoms with Crippen molar-refractivity contribution in [1.29, 1.82) is 0 Å². The molecular formula is C37H29NO8. The van der Waals surface area contributed by atoms with Gasteiger partial charge in [0, 0.05) is 34.3 Å². The molecule has 4 unspecified atom stereocenters. The van der Waals surface area contributed by atoms with E-state index in [0.717, 1.165) is 10.5 Å². The lowest BCUT2D eigenvalue weighted by molar-refractivity contribution is -0.123. The Balaban J connectivity index is 1.28. The van der Waals surface area contributed by atoms with E-state index in [4.69, 9.17) is 4.74 Å². The number of imide groups is 1. The number of fused-ring (bicyclic) bond motifs is 3. The van der Waals surface area contributed by atoms with Gasteiger partial charge in [0.05, 0.1) is 23.1 Å². The Hall–Kier alpha value is -5.57. The van der Waals surface area contributed by atoms with E-state index in [0.29, 0.717) is 16.9 Å². The molecular weight excluding hydrogens is 586 g/mol. The van der Waals surface area contributed by atoms with Crippen LogP contribution in [0.1, 0.15) is 47.2 Å². The number of rotatable bonds is 6. The van der Waals surface area contributed by atoms with Crippen LogP contribution in [0.5, 0.6) is 11.5 Å². The minimum atomic E-state index is -1.18. The van der Waals surface area contributed by atoms with E-state index in [-0.39, 0.29) is 64.7 Å². The third-order valence-corrected chi connectivity index (χ3v) is 9.47. The zero-order chi connectivity index (χ0) is 32.3. The maximum absolute atomic E-state index is 14.1. The summed E-state index contributed by atoms with van der Waals surface area (Å²) >= 11 is 0. The fourth-order valence-electron chi connectivity index (χ4n) is 7.37. The number of hydrogen-bond donors (Lipinski definition) is 2. The van der Waals surface area contributed by atoms with E-state index in [2.05, 4.69) is 0 Å². The molecule has 0 aromatic heterocycles. The molecule has 0 saturated carbocycles. The van der Waals surface area contributed by atoms with Crippen LogP contribution < -0.4 is 9.64 Å². The largest absolute Gasteiger partial charge is 0.507 e. The molecule has 1 aliphatic heterocycles. The van der Waals surface area contributed by atoms with E-state index in [1.807, 2.05) is 36.4 Å². The van der Waals surface area contributed by atoms with Crippen LogP contribution in [-0.4, -0.2) is 39.6 Å². The molecule has 3 aromatic carbocycles. The van der Waals surface area contributed by atoms with Crippen LogP contribution in [0.4, 0.5) is 5.69 Å². The Labute approximate surface area is 264 Å². The molecule has 2 amide bonds. The number of allylic oxidation sites excluding steroid dienone is 6. The molecule has 4 atom stereocenters. The predicted octanol–water partition coefficient (Wildman–Crippen LogP) is 5.30. The van der Waals surface area contributed by atoms with Gasteiger partial charge in [-0.1, -0.05) is 54.1 Å². The number of aromatic carboxylic acids is 1. The summed E-state index contributed by atoms with van der Waals surface area (Å²) in [5, 5.41) is 20.8. The van der Waals surface area contributed by atoms with Gasteiger partial charge in [-0.05, 0) is 61.6 Å². The molecule has 1 fully saturated rings. The Morgan fingerprint density at radius 3 is 2.46 bits per heavy atom. The van der Waals surface area contributed by atoms with Gasteiger partial charge in [-0.25, -0.2) is 4.79 Å². The molecule has 1 heterocycles. The molecule has 0 radical (unpaired) electrons. The smallest absolute Gasteiger partial charge is 0.335 e. The van der Waals surface area contributed by atoms with E-state index >= 15 is 0 Å². The van der Waals surface area contributed by atoms with Crippen LogP contribution in [-0.2, 0) is 25.8 Å². The van der Waals surface area contributed by atoms with Gasteiger partial charge in [-0.3, -0.25) is 24.1 Å². The average Bonchev–Trinajstić information content (AvgIpc) is 3.31. The highest BCUT2D eigenvalue weighted by molar-refractivity contribution is 6.25. The minimum Gasteiger partial charge on any atom is -0.507 e. The number of carboxylic acid groups (broad SMARTS) is 1. The number of anilines is 1. The highest BCUT2D eigenvalue weighted by Gasteiger charge is 2.56. The second kappa shape index (κ2) is 11.1. The van der Waals surface area contributed by atoms with Crippen molar-refractivity contribution in [2.45, 2.75) is 32.3 Å². The first-order chi connectivity index (χ1) is 22.1. The average molecular weight is 616 g/mol. The quantitative estimate of drug-likeness (QED) is 0.216. The Morgan fingerprint density at radius 2 is 1.72 bits per heavy atom. The van der Waals surface area contributed by atoms with Gasteiger partial charge in [0.25, 0.3) is 0 Å². The van der Waals surface area contributed by atoms with Crippen molar-refractivity contribution in [3.8, 4) is 11.5 Å². The summed E-state index contributed by atoms with van der Waals surface area (Å²) in [7, 11) is 0. The topological polar surface area (TPSA) is 138 Å². The maximum atomic E-state index is 14.1. The summed E-state index contributed by atoms with van der Waals surface area (Å²) in [5.74, 6) is -5.39. The number of Topliss-reactive ketones (excluding diaryl/α,β-unsaturated/α-hetero) is 1. The second-order valence-electron chi connectivity index (χ2n) is 12.1. The number of aromatic hydroxyl groups is 1. The van der Waals surface area contributed by atoms with Crippen LogP contribution in [0.15, 0.2) is 107 Å². The number of ether oxygens (including phenoxy) is 1. The van der Waals surface area contributed by atoms with Crippen LogP contribution in [0, 0.1) is 17.8 Å². The molecule has 9 heteroatoms. The summed E-state index contributed by atoms with van der Waals surface area (Å²) in [6, 6.07) is 20.1. The third-order valence-electron chi connectivity index (χ3n) is 9.47. The summed E-state index contributed by atoms with van der Waals surface area (Å²) in [4.78, 5) is 67.5. The number of carbonyl (C=O) groups excluding carboxylic acids is 4. The maximum Gasteiger partial charge on any atom is 0.335 e.